The van der Waals surface area contributed by atoms with E-state index in [-0.39, 0.29) is 0 Å². The van der Waals surface area contributed by atoms with E-state index >= 15 is 0 Å². The van der Waals surface area contributed by atoms with Crippen molar-refractivity contribution in [1.29, 1.82) is 0 Å². The minimum absolute atomic E-state index is 0.449. The molecule has 3 aromatic rings. The summed E-state index contributed by atoms with van der Waals surface area (Å²) in [4.78, 5) is 13.0. The number of methoxy groups -OCH3 is 1. The molecule has 0 amide bonds. The predicted molar refractivity (Wildman–Crippen MR) is 103 cm³/mol. The molecule has 0 unspecified atom stereocenters. The Bertz CT molecular complexity index is 829. The van der Waals surface area contributed by atoms with Gasteiger partial charge in [-0.05, 0) is 5.56 Å². The van der Waals surface area contributed by atoms with Crippen LogP contribution in [0.3, 0.4) is 0 Å². The quantitative estimate of drug-likeness (QED) is 0.704. The maximum Gasteiger partial charge on any atom is 0.158 e. The smallest absolute Gasteiger partial charge is 0.158 e. The molecule has 0 N–H and O–H groups in total. The summed E-state index contributed by atoms with van der Waals surface area (Å²) in [5, 5.41) is 3.38. The second-order valence-corrected chi connectivity index (χ2v) is 7.77. The molecule has 1 aromatic carbocycles. The Hall–Kier alpha value is -1.63. The molecule has 4 rings (SSSR count). The summed E-state index contributed by atoms with van der Waals surface area (Å²) >= 11 is 3.70. The SMILES string of the molecule is COCc1nc(N2CCSCC2)c2c(-c3ccccc3)csc2n1. The molecule has 0 bridgehead atoms. The third kappa shape index (κ3) is 3.01. The van der Waals surface area contributed by atoms with Crippen molar-refractivity contribution < 1.29 is 4.74 Å². The molecule has 1 aliphatic rings. The topological polar surface area (TPSA) is 38.2 Å². The Labute approximate surface area is 149 Å². The highest BCUT2D eigenvalue weighted by Crippen LogP contribution is 2.38. The van der Waals surface area contributed by atoms with E-state index in [4.69, 9.17) is 14.7 Å². The molecule has 24 heavy (non-hydrogen) atoms. The van der Waals surface area contributed by atoms with Crippen LogP contribution in [-0.4, -0.2) is 41.7 Å². The Kier molecular flexibility index (Phi) is 4.69. The lowest BCUT2D eigenvalue weighted by molar-refractivity contribution is 0.178. The van der Waals surface area contributed by atoms with E-state index in [9.17, 15) is 0 Å². The average molecular weight is 358 g/mol. The van der Waals surface area contributed by atoms with Gasteiger partial charge in [0.1, 0.15) is 17.3 Å². The van der Waals surface area contributed by atoms with Crippen molar-refractivity contribution in [3.8, 4) is 11.1 Å². The van der Waals surface area contributed by atoms with Gasteiger partial charge in [-0.15, -0.1) is 11.3 Å². The number of rotatable bonds is 4. The van der Waals surface area contributed by atoms with Crippen LogP contribution in [0, 0.1) is 0 Å². The Balaban J connectivity index is 1.90. The van der Waals surface area contributed by atoms with Gasteiger partial charge in [-0.1, -0.05) is 30.3 Å². The van der Waals surface area contributed by atoms with Crippen LogP contribution in [0.1, 0.15) is 5.82 Å². The summed E-state index contributed by atoms with van der Waals surface area (Å²) in [6.07, 6.45) is 0. The zero-order valence-corrected chi connectivity index (χ0v) is 15.2. The van der Waals surface area contributed by atoms with Crippen molar-refractivity contribution in [2.45, 2.75) is 6.61 Å². The molecular formula is C18H19N3OS2. The van der Waals surface area contributed by atoms with E-state index in [2.05, 4.69) is 34.5 Å². The van der Waals surface area contributed by atoms with Crippen LogP contribution >= 0.6 is 23.1 Å². The van der Waals surface area contributed by atoms with Crippen LogP contribution < -0.4 is 4.90 Å². The van der Waals surface area contributed by atoms with Gasteiger partial charge in [-0.2, -0.15) is 11.8 Å². The molecule has 1 aliphatic heterocycles. The number of hydrogen-bond acceptors (Lipinski definition) is 6. The van der Waals surface area contributed by atoms with Gasteiger partial charge in [0.15, 0.2) is 5.82 Å². The third-order valence-corrected chi connectivity index (χ3v) is 5.94. The maximum absolute atomic E-state index is 5.27. The van der Waals surface area contributed by atoms with Crippen LogP contribution in [-0.2, 0) is 11.3 Å². The molecule has 6 heteroatoms. The van der Waals surface area contributed by atoms with Gasteiger partial charge in [-0.25, -0.2) is 9.97 Å². The largest absolute Gasteiger partial charge is 0.377 e. The van der Waals surface area contributed by atoms with Crippen molar-refractivity contribution in [3.05, 3.63) is 41.5 Å². The number of hydrogen-bond donors (Lipinski definition) is 0. The van der Waals surface area contributed by atoms with E-state index in [0.29, 0.717) is 6.61 Å². The van der Waals surface area contributed by atoms with Gasteiger partial charge in [0.05, 0.1) is 5.39 Å². The van der Waals surface area contributed by atoms with Crippen molar-refractivity contribution in [2.75, 3.05) is 36.6 Å². The third-order valence-electron chi connectivity index (χ3n) is 4.13. The molecule has 0 aliphatic carbocycles. The Morgan fingerprint density at radius 1 is 1.12 bits per heavy atom. The van der Waals surface area contributed by atoms with Crippen LogP contribution in [0.4, 0.5) is 5.82 Å². The molecule has 124 valence electrons. The van der Waals surface area contributed by atoms with Crippen LogP contribution in [0.2, 0.25) is 0 Å². The fraction of sp³-hybridized carbons (Fsp3) is 0.333. The molecule has 2 aromatic heterocycles. The van der Waals surface area contributed by atoms with Gasteiger partial charge >= 0.3 is 0 Å². The molecule has 0 spiro atoms. The normalized spacial score (nSPS) is 15.1. The second-order valence-electron chi connectivity index (χ2n) is 5.69. The average Bonchev–Trinajstić information content (AvgIpc) is 3.07. The molecule has 0 atom stereocenters. The summed E-state index contributed by atoms with van der Waals surface area (Å²) in [7, 11) is 1.69. The van der Waals surface area contributed by atoms with Crippen molar-refractivity contribution >= 4 is 39.1 Å². The highest BCUT2D eigenvalue weighted by molar-refractivity contribution is 7.99. The molecule has 4 nitrogen and oxygen atoms in total. The van der Waals surface area contributed by atoms with Crippen molar-refractivity contribution in [3.63, 3.8) is 0 Å². The lowest BCUT2D eigenvalue weighted by Crippen LogP contribution is -2.33. The first kappa shape index (κ1) is 15.9. The number of anilines is 1. The van der Waals surface area contributed by atoms with Gasteiger partial charge in [0, 0.05) is 42.6 Å². The molecular weight excluding hydrogens is 338 g/mol. The van der Waals surface area contributed by atoms with E-state index in [1.165, 1.54) is 16.5 Å². The van der Waals surface area contributed by atoms with E-state index in [1.807, 2.05) is 17.8 Å². The van der Waals surface area contributed by atoms with Gasteiger partial charge < -0.3 is 9.64 Å². The predicted octanol–water partition coefficient (Wildman–Crippen LogP) is 4.06. The lowest BCUT2D eigenvalue weighted by atomic mass is 10.1. The number of nitrogens with zero attached hydrogens (tertiary/aromatic N) is 3. The second kappa shape index (κ2) is 7.09. The number of aromatic nitrogens is 2. The minimum Gasteiger partial charge on any atom is -0.377 e. The number of ether oxygens (including phenoxy) is 1. The highest BCUT2D eigenvalue weighted by Gasteiger charge is 2.21. The monoisotopic (exact) mass is 357 g/mol. The number of fused-ring (bicyclic) bond motifs is 1. The van der Waals surface area contributed by atoms with E-state index < -0.39 is 0 Å². The first-order valence-electron chi connectivity index (χ1n) is 8.02. The molecule has 1 saturated heterocycles. The first-order valence-corrected chi connectivity index (χ1v) is 10.1. The molecule has 0 saturated carbocycles. The number of thiophene rings is 1. The summed E-state index contributed by atoms with van der Waals surface area (Å²) < 4.78 is 5.27. The fourth-order valence-corrected chi connectivity index (χ4v) is 4.86. The summed E-state index contributed by atoms with van der Waals surface area (Å²) in [6, 6.07) is 10.5. The zero-order chi connectivity index (χ0) is 16.4. The lowest BCUT2D eigenvalue weighted by Gasteiger charge is -2.28. The highest BCUT2D eigenvalue weighted by atomic mass is 32.2. The molecule has 0 radical (unpaired) electrons. The van der Waals surface area contributed by atoms with Crippen molar-refractivity contribution in [2.24, 2.45) is 0 Å². The van der Waals surface area contributed by atoms with Crippen LogP contribution in [0.15, 0.2) is 35.7 Å². The molecule has 3 heterocycles. The van der Waals surface area contributed by atoms with Crippen LogP contribution in [0.5, 0.6) is 0 Å². The number of thioether (sulfide) groups is 1. The van der Waals surface area contributed by atoms with Crippen molar-refractivity contribution in [1.82, 2.24) is 9.97 Å². The zero-order valence-electron chi connectivity index (χ0n) is 13.6. The van der Waals surface area contributed by atoms with Gasteiger partial charge in [-0.3, -0.25) is 0 Å². The number of benzene rings is 1. The summed E-state index contributed by atoms with van der Waals surface area (Å²) in [5.74, 6) is 4.12. The Morgan fingerprint density at radius 2 is 1.92 bits per heavy atom. The van der Waals surface area contributed by atoms with Gasteiger partial charge in [0.25, 0.3) is 0 Å². The van der Waals surface area contributed by atoms with E-state index in [0.717, 1.165) is 41.1 Å². The minimum atomic E-state index is 0.449. The fourth-order valence-electron chi connectivity index (χ4n) is 2.99. The first-order chi connectivity index (χ1) is 11.9. The standard InChI is InChI=1S/C18H19N3OS2/c1-22-11-15-19-17(21-7-9-23-10-8-21)16-14(12-24-18(16)20-15)13-5-3-2-4-6-13/h2-6,12H,7-11H2,1H3. The summed E-state index contributed by atoms with van der Waals surface area (Å²) in [6.45, 7) is 2.52. The van der Waals surface area contributed by atoms with Crippen LogP contribution in [0.25, 0.3) is 21.3 Å². The maximum atomic E-state index is 5.27. The Morgan fingerprint density at radius 3 is 2.67 bits per heavy atom. The summed E-state index contributed by atoms with van der Waals surface area (Å²) in [5.41, 5.74) is 2.45. The van der Waals surface area contributed by atoms with Gasteiger partial charge in [0.2, 0.25) is 0 Å². The van der Waals surface area contributed by atoms with E-state index in [1.54, 1.807) is 18.4 Å². The molecule has 1 fully saturated rings.